The fourth-order valence-electron chi connectivity index (χ4n) is 1.96. The monoisotopic (exact) mass is 339 g/mol. The van der Waals surface area contributed by atoms with Crippen LogP contribution in [-0.4, -0.2) is 28.3 Å². The number of nitrogens with zero attached hydrogens (tertiary/aromatic N) is 1. The van der Waals surface area contributed by atoms with Crippen molar-refractivity contribution in [1.82, 2.24) is 10.9 Å². The number of carbonyl (C=O) groups excluding carboxylic acids is 2. The number of hydrogen-bond donors (Lipinski definition) is 4. The molecular weight excluding hydrogens is 322 g/mol. The third kappa shape index (κ3) is 5.29. The lowest BCUT2D eigenvalue weighted by atomic mass is 10.1. The second-order valence-electron chi connectivity index (χ2n) is 5.19. The minimum Gasteiger partial charge on any atom is -0.507 e. The van der Waals surface area contributed by atoms with Gasteiger partial charge in [-0.3, -0.25) is 14.8 Å². The molecule has 0 aliphatic rings. The molecule has 7 heteroatoms. The van der Waals surface area contributed by atoms with Crippen LogP contribution in [0.25, 0.3) is 6.08 Å². The second-order valence-corrected chi connectivity index (χ2v) is 5.19. The molecule has 2 rings (SSSR count). The van der Waals surface area contributed by atoms with Crippen LogP contribution in [0.15, 0.2) is 53.6 Å². The molecule has 0 saturated carbocycles. The van der Waals surface area contributed by atoms with Crippen LogP contribution in [-0.2, 0) is 4.79 Å². The number of hydrazone groups is 1. The van der Waals surface area contributed by atoms with Gasteiger partial charge >= 0.3 is 0 Å². The summed E-state index contributed by atoms with van der Waals surface area (Å²) in [6.45, 7) is 1.88. The Morgan fingerprint density at radius 2 is 1.84 bits per heavy atom. The molecule has 2 amide bonds. The van der Waals surface area contributed by atoms with Gasteiger partial charge in [-0.2, -0.15) is 5.10 Å². The summed E-state index contributed by atoms with van der Waals surface area (Å²) < 4.78 is 0. The third-order valence-electron chi connectivity index (χ3n) is 3.26. The van der Waals surface area contributed by atoms with Gasteiger partial charge in [0, 0.05) is 17.2 Å². The lowest BCUT2D eigenvalue weighted by Crippen LogP contribution is -2.17. The molecule has 0 saturated heterocycles. The highest BCUT2D eigenvalue weighted by Crippen LogP contribution is 2.15. The Bertz CT molecular complexity index is 827. The topological polar surface area (TPSA) is 111 Å². The van der Waals surface area contributed by atoms with Crippen LogP contribution in [0.3, 0.4) is 0 Å². The number of benzene rings is 2. The molecule has 2 aromatic carbocycles. The van der Waals surface area contributed by atoms with Crippen molar-refractivity contribution in [2.45, 2.75) is 6.92 Å². The van der Waals surface area contributed by atoms with Gasteiger partial charge in [0.1, 0.15) is 5.75 Å². The van der Waals surface area contributed by atoms with Gasteiger partial charge in [0.25, 0.3) is 11.8 Å². The van der Waals surface area contributed by atoms with E-state index in [1.54, 1.807) is 42.5 Å². The average molecular weight is 339 g/mol. The van der Waals surface area contributed by atoms with Crippen molar-refractivity contribution in [3.05, 3.63) is 70.8 Å². The van der Waals surface area contributed by atoms with E-state index in [0.29, 0.717) is 16.7 Å². The minimum absolute atomic E-state index is 0.0756. The van der Waals surface area contributed by atoms with Gasteiger partial charge in [0.05, 0.1) is 6.21 Å². The zero-order valence-electron chi connectivity index (χ0n) is 13.4. The van der Waals surface area contributed by atoms with Crippen LogP contribution in [0.2, 0.25) is 0 Å². The minimum atomic E-state index is -0.643. The number of phenols is 1. The maximum absolute atomic E-state index is 12.0. The number of hydrogen-bond acceptors (Lipinski definition) is 5. The summed E-state index contributed by atoms with van der Waals surface area (Å²) in [5.41, 5.74) is 6.40. The van der Waals surface area contributed by atoms with E-state index in [0.717, 1.165) is 11.6 Å². The maximum atomic E-state index is 12.0. The van der Waals surface area contributed by atoms with Crippen molar-refractivity contribution in [1.29, 1.82) is 0 Å². The fraction of sp³-hybridized carbons (Fsp3) is 0.0556. The summed E-state index contributed by atoms with van der Waals surface area (Å²) in [4.78, 5) is 22.9. The fourth-order valence-corrected chi connectivity index (χ4v) is 1.96. The Morgan fingerprint density at radius 1 is 1.12 bits per heavy atom. The van der Waals surface area contributed by atoms with E-state index in [-0.39, 0.29) is 5.75 Å². The second kappa shape index (κ2) is 8.42. The molecule has 2 aromatic rings. The molecule has 7 nitrogen and oxygen atoms in total. The Morgan fingerprint density at radius 3 is 2.52 bits per heavy atom. The van der Waals surface area contributed by atoms with E-state index in [1.807, 2.05) is 6.92 Å². The number of amides is 2. The van der Waals surface area contributed by atoms with Crippen LogP contribution < -0.4 is 10.9 Å². The molecule has 0 unspecified atom stereocenters. The molecule has 0 bridgehead atoms. The number of carbonyl (C=O) groups is 2. The first-order valence-corrected chi connectivity index (χ1v) is 7.35. The standard InChI is InChI=1S/C18H17N3O4/c1-12-2-8-16(22)15(10-12)11-19-20-18(24)14-6-3-13(4-7-14)5-9-17(23)21-25/h2-11,22,25H,1H3,(H,20,24)(H,21,23)/b9-5+,19-11+. The highest BCUT2D eigenvalue weighted by molar-refractivity contribution is 5.95. The largest absolute Gasteiger partial charge is 0.507 e. The summed E-state index contributed by atoms with van der Waals surface area (Å²) in [7, 11) is 0. The lowest BCUT2D eigenvalue weighted by molar-refractivity contribution is -0.124. The van der Waals surface area contributed by atoms with Crippen LogP contribution in [0.1, 0.15) is 27.0 Å². The summed E-state index contributed by atoms with van der Waals surface area (Å²) >= 11 is 0. The van der Waals surface area contributed by atoms with Crippen molar-refractivity contribution >= 4 is 24.1 Å². The van der Waals surface area contributed by atoms with Crippen molar-refractivity contribution in [3.8, 4) is 5.75 Å². The van der Waals surface area contributed by atoms with E-state index in [2.05, 4.69) is 10.5 Å². The van der Waals surface area contributed by atoms with Gasteiger partial charge < -0.3 is 5.11 Å². The predicted octanol–water partition coefficient (Wildman–Crippen LogP) is 1.98. The first-order valence-electron chi connectivity index (χ1n) is 7.35. The number of hydroxylamine groups is 1. The molecular formula is C18H17N3O4. The van der Waals surface area contributed by atoms with E-state index in [9.17, 15) is 14.7 Å². The highest BCUT2D eigenvalue weighted by atomic mass is 16.5. The smallest absolute Gasteiger partial charge is 0.271 e. The average Bonchev–Trinajstić information content (AvgIpc) is 2.62. The van der Waals surface area contributed by atoms with Crippen molar-refractivity contribution < 1.29 is 19.9 Å². The number of aromatic hydroxyl groups is 1. The predicted molar refractivity (Wildman–Crippen MR) is 93.3 cm³/mol. The van der Waals surface area contributed by atoms with Gasteiger partial charge in [-0.1, -0.05) is 23.8 Å². The first-order chi connectivity index (χ1) is 12.0. The summed E-state index contributed by atoms with van der Waals surface area (Å²) in [6.07, 6.45) is 4.02. The van der Waals surface area contributed by atoms with Crippen LogP contribution in [0, 0.1) is 6.92 Å². The van der Waals surface area contributed by atoms with Gasteiger partial charge in [-0.15, -0.1) is 0 Å². The van der Waals surface area contributed by atoms with Crippen molar-refractivity contribution in [2.75, 3.05) is 0 Å². The van der Waals surface area contributed by atoms with Gasteiger partial charge in [0.2, 0.25) is 0 Å². The van der Waals surface area contributed by atoms with Crippen molar-refractivity contribution in [3.63, 3.8) is 0 Å². The molecule has 0 spiro atoms. The molecule has 25 heavy (non-hydrogen) atoms. The molecule has 0 aromatic heterocycles. The summed E-state index contributed by atoms with van der Waals surface area (Å²) in [5.74, 6) is -0.978. The highest BCUT2D eigenvalue weighted by Gasteiger charge is 2.04. The zero-order chi connectivity index (χ0) is 18.2. The normalized spacial score (nSPS) is 11.0. The third-order valence-corrected chi connectivity index (χ3v) is 3.26. The molecule has 0 fully saturated rings. The lowest BCUT2D eigenvalue weighted by Gasteiger charge is -2.02. The zero-order valence-corrected chi connectivity index (χ0v) is 13.4. The molecule has 0 heterocycles. The number of phenolic OH excluding ortho intramolecular Hbond substituents is 1. The Balaban J connectivity index is 1.99. The van der Waals surface area contributed by atoms with E-state index < -0.39 is 11.8 Å². The maximum Gasteiger partial charge on any atom is 0.271 e. The number of aryl methyl sites for hydroxylation is 1. The van der Waals surface area contributed by atoms with Crippen LogP contribution in [0.4, 0.5) is 0 Å². The van der Waals surface area contributed by atoms with Gasteiger partial charge in [-0.25, -0.2) is 10.9 Å². The number of rotatable bonds is 5. The summed E-state index contributed by atoms with van der Waals surface area (Å²) in [5, 5.41) is 21.9. The molecule has 0 atom stereocenters. The number of nitrogens with one attached hydrogen (secondary N) is 2. The molecule has 0 aliphatic heterocycles. The molecule has 4 N–H and O–H groups in total. The SMILES string of the molecule is Cc1ccc(O)c(/C=N/NC(=O)c2ccc(/C=C/C(=O)NO)cc2)c1. The molecule has 0 radical (unpaired) electrons. The summed E-state index contributed by atoms with van der Waals surface area (Å²) in [6, 6.07) is 11.5. The quantitative estimate of drug-likeness (QED) is 0.289. The van der Waals surface area contributed by atoms with E-state index in [1.165, 1.54) is 17.8 Å². The van der Waals surface area contributed by atoms with E-state index in [4.69, 9.17) is 5.21 Å². The first kappa shape index (κ1) is 17.9. The van der Waals surface area contributed by atoms with Gasteiger partial charge in [-0.05, 0) is 42.8 Å². The molecule has 128 valence electrons. The van der Waals surface area contributed by atoms with Crippen LogP contribution in [0.5, 0.6) is 5.75 Å². The Kier molecular flexibility index (Phi) is 6.02. The van der Waals surface area contributed by atoms with Crippen LogP contribution >= 0.6 is 0 Å². The van der Waals surface area contributed by atoms with E-state index >= 15 is 0 Å². The van der Waals surface area contributed by atoms with Crippen molar-refractivity contribution in [2.24, 2.45) is 5.10 Å². The Labute approximate surface area is 144 Å². The van der Waals surface area contributed by atoms with Gasteiger partial charge in [0.15, 0.2) is 0 Å². The Hall–Kier alpha value is -3.45. The molecule has 0 aliphatic carbocycles.